The number of carbonyl (C=O) groups is 2. The summed E-state index contributed by atoms with van der Waals surface area (Å²) >= 11 is 6.29. The first-order valence-electron chi connectivity index (χ1n) is 13.8. The molecule has 1 atom stereocenters. The Hall–Kier alpha value is -4.21. The molecule has 0 aliphatic carbocycles. The van der Waals surface area contributed by atoms with Crippen molar-refractivity contribution in [2.45, 2.75) is 37.8 Å². The van der Waals surface area contributed by atoms with Crippen LogP contribution in [-0.4, -0.2) is 44.3 Å². The van der Waals surface area contributed by atoms with Gasteiger partial charge in [0.2, 0.25) is 11.8 Å². The molecule has 2 amide bonds. The average Bonchev–Trinajstić information content (AvgIpc) is 3.00. The molecule has 10 heteroatoms. The fraction of sp³-hybridized carbons (Fsp3) is 0.212. The summed E-state index contributed by atoms with van der Waals surface area (Å²) in [4.78, 5) is 29.1. The second-order valence-corrected chi connectivity index (χ2v) is 12.3. The monoisotopic (exact) mass is 621 g/mol. The highest BCUT2D eigenvalue weighted by atomic mass is 35.5. The third-order valence-electron chi connectivity index (χ3n) is 6.97. The molecular weight excluding hydrogens is 589 g/mol. The number of nitrogens with one attached hydrogen (secondary N) is 1. The fourth-order valence-corrected chi connectivity index (χ4v) is 6.40. The van der Waals surface area contributed by atoms with Gasteiger partial charge < -0.3 is 10.2 Å². The van der Waals surface area contributed by atoms with Gasteiger partial charge in [-0.1, -0.05) is 84.4 Å². The van der Waals surface area contributed by atoms with Gasteiger partial charge in [0.1, 0.15) is 18.4 Å². The maximum absolute atomic E-state index is 14.9. The van der Waals surface area contributed by atoms with Crippen LogP contribution in [-0.2, 0) is 32.6 Å². The third kappa shape index (κ3) is 7.80. The number of anilines is 1. The lowest BCUT2D eigenvalue weighted by Gasteiger charge is -2.34. The van der Waals surface area contributed by atoms with E-state index >= 15 is 0 Å². The molecule has 0 saturated carbocycles. The zero-order valence-electron chi connectivity index (χ0n) is 23.9. The molecule has 0 aliphatic heterocycles. The Balaban J connectivity index is 1.83. The summed E-state index contributed by atoms with van der Waals surface area (Å²) in [6.07, 6.45) is 0.133. The van der Waals surface area contributed by atoms with Gasteiger partial charge in [0.15, 0.2) is 0 Å². The lowest BCUT2D eigenvalue weighted by Crippen LogP contribution is -2.53. The lowest BCUT2D eigenvalue weighted by atomic mass is 10.0. The van der Waals surface area contributed by atoms with E-state index in [1.807, 2.05) is 30.3 Å². The molecule has 0 spiro atoms. The van der Waals surface area contributed by atoms with Gasteiger partial charge in [0.05, 0.1) is 10.6 Å². The summed E-state index contributed by atoms with van der Waals surface area (Å²) in [5.41, 5.74) is 1.76. The molecular formula is C33H33ClFN3O4S. The molecule has 0 saturated heterocycles. The van der Waals surface area contributed by atoms with Crippen molar-refractivity contribution in [1.82, 2.24) is 10.2 Å². The largest absolute Gasteiger partial charge is 0.355 e. The van der Waals surface area contributed by atoms with Crippen molar-refractivity contribution in [3.63, 3.8) is 0 Å². The van der Waals surface area contributed by atoms with Crippen LogP contribution in [0.5, 0.6) is 0 Å². The highest BCUT2D eigenvalue weighted by molar-refractivity contribution is 7.92. The first kappa shape index (κ1) is 31.7. The number of likely N-dealkylation sites (N-methyl/N-ethyl adjacent to an activating group) is 1. The van der Waals surface area contributed by atoms with Crippen LogP contribution >= 0.6 is 11.6 Å². The zero-order chi connectivity index (χ0) is 31.0. The minimum absolute atomic E-state index is 0.0209. The fourth-order valence-electron chi connectivity index (χ4n) is 4.74. The zero-order valence-corrected chi connectivity index (χ0v) is 25.5. The summed E-state index contributed by atoms with van der Waals surface area (Å²) in [5, 5.41) is 3.07. The molecule has 224 valence electrons. The van der Waals surface area contributed by atoms with Crippen molar-refractivity contribution >= 4 is 39.1 Å². The lowest BCUT2D eigenvalue weighted by molar-refractivity contribution is -0.140. The van der Waals surface area contributed by atoms with Crippen LogP contribution in [0.4, 0.5) is 10.1 Å². The molecule has 4 aromatic rings. The second-order valence-electron chi connectivity index (χ2n) is 9.97. The summed E-state index contributed by atoms with van der Waals surface area (Å²) in [6, 6.07) is 26.6. The molecule has 43 heavy (non-hydrogen) atoms. The Labute approximate surface area is 257 Å². The number of nitrogens with zero attached hydrogens (tertiary/aromatic N) is 2. The van der Waals surface area contributed by atoms with Crippen molar-refractivity contribution in [1.29, 1.82) is 0 Å². The average molecular weight is 622 g/mol. The molecule has 1 N–H and O–H groups in total. The minimum Gasteiger partial charge on any atom is -0.355 e. The molecule has 1 unspecified atom stereocenters. The maximum Gasteiger partial charge on any atom is 0.264 e. The van der Waals surface area contributed by atoms with Gasteiger partial charge >= 0.3 is 0 Å². The summed E-state index contributed by atoms with van der Waals surface area (Å²) in [5.74, 6) is -1.67. The number of benzene rings is 4. The number of carbonyl (C=O) groups excluding carboxylic acids is 2. The van der Waals surface area contributed by atoms with Crippen LogP contribution in [0.3, 0.4) is 0 Å². The Morgan fingerprint density at radius 1 is 0.907 bits per heavy atom. The van der Waals surface area contributed by atoms with E-state index in [4.69, 9.17) is 11.6 Å². The number of amides is 2. The van der Waals surface area contributed by atoms with E-state index < -0.39 is 40.2 Å². The Kier molecular flexibility index (Phi) is 10.6. The molecule has 4 rings (SSSR count). The third-order valence-corrected chi connectivity index (χ3v) is 8.98. The van der Waals surface area contributed by atoms with Crippen molar-refractivity contribution < 1.29 is 22.4 Å². The molecule has 0 aromatic heterocycles. The molecule has 0 aliphatic rings. The van der Waals surface area contributed by atoms with Crippen LogP contribution in [0.1, 0.15) is 23.6 Å². The van der Waals surface area contributed by atoms with E-state index in [-0.39, 0.29) is 34.1 Å². The number of halogens is 2. The van der Waals surface area contributed by atoms with Crippen LogP contribution in [0.15, 0.2) is 108 Å². The predicted molar refractivity (Wildman–Crippen MR) is 167 cm³/mol. The van der Waals surface area contributed by atoms with Crippen molar-refractivity contribution in [2.24, 2.45) is 0 Å². The van der Waals surface area contributed by atoms with Crippen LogP contribution in [0.25, 0.3) is 0 Å². The van der Waals surface area contributed by atoms with E-state index in [1.165, 1.54) is 41.3 Å². The van der Waals surface area contributed by atoms with E-state index in [0.29, 0.717) is 12.1 Å². The number of rotatable bonds is 12. The SMILES string of the molecule is CCNC(=O)C(Cc1ccccc1)N(Cc1ccccc1F)C(=O)CN(c1cc(Cl)ccc1C)S(=O)(=O)c1ccccc1. The summed E-state index contributed by atoms with van der Waals surface area (Å²) < 4.78 is 44.0. The molecule has 0 bridgehead atoms. The Bertz CT molecular complexity index is 1670. The van der Waals surface area contributed by atoms with Crippen molar-refractivity contribution in [3.05, 3.63) is 131 Å². The molecule has 7 nitrogen and oxygen atoms in total. The van der Waals surface area contributed by atoms with Crippen molar-refractivity contribution in [2.75, 3.05) is 17.4 Å². The molecule has 0 radical (unpaired) electrons. The first-order valence-corrected chi connectivity index (χ1v) is 15.6. The molecule has 0 fully saturated rings. The first-order chi connectivity index (χ1) is 20.6. The number of hydrogen-bond acceptors (Lipinski definition) is 4. The quantitative estimate of drug-likeness (QED) is 0.218. The van der Waals surface area contributed by atoms with Crippen LogP contribution in [0, 0.1) is 12.7 Å². The van der Waals surface area contributed by atoms with Crippen molar-refractivity contribution in [3.8, 4) is 0 Å². The minimum atomic E-state index is -4.27. The summed E-state index contributed by atoms with van der Waals surface area (Å²) in [6.45, 7) is 2.87. The van der Waals surface area contributed by atoms with Gasteiger partial charge in [0.25, 0.3) is 10.0 Å². The van der Waals surface area contributed by atoms with E-state index in [0.717, 1.165) is 9.87 Å². The van der Waals surface area contributed by atoms with Gasteiger partial charge in [-0.05, 0) is 55.3 Å². The predicted octanol–water partition coefficient (Wildman–Crippen LogP) is 5.76. The number of hydrogen-bond donors (Lipinski definition) is 1. The normalized spacial score (nSPS) is 11.9. The number of aryl methyl sites for hydroxylation is 1. The molecule has 4 aromatic carbocycles. The highest BCUT2D eigenvalue weighted by Gasteiger charge is 2.35. The smallest absolute Gasteiger partial charge is 0.264 e. The summed E-state index contributed by atoms with van der Waals surface area (Å²) in [7, 11) is -4.27. The second kappa shape index (κ2) is 14.3. The van der Waals surface area contributed by atoms with E-state index in [9.17, 15) is 22.4 Å². The Morgan fingerprint density at radius 2 is 1.53 bits per heavy atom. The van der Waals surface area contributed by atoms with Gasteiger partial charge in [-0.2, -0.15) is 0 Å². The van der Waals surface area contributed by atoms with E-state index in [2.05, 4.69) is 5.32 Å². The van der Waals surface area contributed by atoms with E-state index in [1.54, 1.807) is 50.2 Å². The number of sulfonamides is 1. The topological polar surface area (TPSA) is 86.8 Å². The van der Waals surface area contributed by atoms with Gasteiger partial charge in [-0.3, -0.25) is 13.9 Å². The van der Waals surface area contributed by atoms with Crippen LogP contribution < -0.4 is 9.62 Å². The van der Waals surface area contributed by atoms with Gasteiger partial charge in [0, 0.05) is 30.1 Å². The highest BCUT2D eigenvalue weighted by Crippen LogP contribution is 2.30. The van der Waals surface area contributed by atoms with Gasteiger partial charge in [-0.15, -0.1) is 0 Å². The standard InChI is InChI=1S/C33H33ClFN3O4S/c1-3-36-33(40)31(20-25-12-6-4-7-13-25)37(22-26-14-10-11-17-29(26)35)32(39)23-38(30-21-27(34)19-18-24(30)2)43(41,42)28-15-8-5-9-16-28/h4-19,21,31H,3,20,22-23H2,1-2H3,(H,36,40). The van der Waals surface area contributed by atoms with Gasteiger partial charge in [-0.25, -0.2) is 12.8 Å². The molecule has 0 heterocycles. The van der Waals surface area contributed by atoms with Crippen LogP contribution in [0.2, 0.25) is 5.02 Å². The maximum atomic E-state index is 14.9. The Morgan fingerprint density at radius 3 is 2.19 bits per heavy atom.